The molecule has 0 aromatic heterocycles. The Kier molecular flexibility index (Phi) is 7.60. The minimum Gasteiger partial charge on any atom is -0.325 e. The molecular formula is C20H20F2N4O2. The molecule has 0 aliphatic rings. The van der Waals surface area contributed by atoms with Gasteiger partial charge in [0.25, 0.3) is 0 Å². The number of amides is 2. The summed E-state index contributed by atoms with van der Waals surface area (Å²) in [6, 6.07) is 13.2. The predicted molar refractivity (Wildman–Crippen MR) is 102 cm³/mol. The molecule has 6 nitrogen and oxygen atoms in total. The second-order valence-corrected chi connectivity index (χ2v) is 6.14. The third-order valence-electron chi connectivity index (χ3n) is 3.82. The first-order valence-electron chi connectivity index (χ1n) is 8.56. The molecule has 2 amide bonds. The van der Waals surface area contributed by atoms with Crippen LogP contribution < -0.4 is 10.2 Å². The van der Waals surface area contributed by atoms with Crippen molar-refractivity contribution in [2.24, 2.45) is 0 Å². The Balaban J connectivity index is 1.99. The monoisotopic (exact) mass is 386 g/mol. The zero-order valence-corrected chi connectivity index (χ0v) is 15.4. The van der Waals surface area contributed by atoms with Gasteiger partial charge in [0.15, 0.2) is 0 Å². The second-order valence-electron chi connectivity index (χ2n) is 6.14. The second kappa shape index (κ2) is 10.1. The van der Waals surface area contributed by atoms with Crippen molar-refractivity contribution in [3.8, 4) is 6.07 Å². The number of anilines is 2. The van der Waals surface area contributed by atoms with Gasteiger partial charge in [0.05, 0.1) is 31.3 Å². The lowest BCUT2D eigenvalue weighted by atomic mass is 10.2. The van der Waals surface area contributed by atoms with E-state index < -0.39 is 23.4 Å². The molecule has 0 unspecified atom stereocenters. The molecule has 8 heteroatoms. The van der Waals surface area contributed by atoms with Gasteiger partial charge < -0.3 is 10.2 Å². The van der Waals surface area contributed by atoms with Gasteiger partial charge in [-0.2, -0.15) is 5.26 Å². The van der Waals surface area contributed by atoms with E-state index in [4.69, 9.17) is 5.26 Å². The third kappa shape index (κ3) is 6.14. The van der Waals surface area contributed by atoms with Gasteiger partial charge in [0.2, 0.25) is 11.8 Å². The summed E-state index contributed by atoms with van der Waals surface area (Å²) in [4.78, 5) is 27.4. The molecule has 0 bridgehead atoms. The van der Waals surface area contributed by atoms with E-state index in [2.05, 4.69) is 5.32 Å². The van der Waals surface area contributed by atoms with Gasteiger partial charge in [-0.25, -0.2) is 8.78 Å². The van der Waals surface area contributed by atoms with E-state index in [-0.39, 0.29) is 31.7 Å². The molecule has 28 heavy (non-hydrogen) atoms. The van der Waals surface area contributed by atoms with Crippen molar-refractivity contribution < 1.29 is 18.4 Å². The number of carbonyl (C=O) groups is 2. The fraction of sp³-hybridized carbons (Fsp3) is 0.250. The Morgan fingerprint density at radius 1 is 1.11 bits per heavy atom. The standard InChI is InChI=1S/C20H20F2N4O2/c1-25(13-19(27)24-16-7-4-6-15(21)12-16)14-20(28)26(11-5-10-23)18-9-3-2-8-17(18)22/h2-4,6-9,12H,5,11,13-14H2,1H3,(H,24,27). The average Bonchev–Trinajstić information content (AvgIpc) is 2.63. The first-order valence-corrected chi connectivity index (χ1v) is 8.56. The molecule has 0 aliphatic carbocycles. The van der Waals surface area contributed by atoms with Crippen molar-refractivity contribution in [3.05, 3.63) is 60.2 Å². The highest BCUT2D eigenvalue weighted by Gasteiger charge is 2.21. The van der Waals surface area contributed by atoms with Crippen LogP contribution in [0.15, 0.2) is 48.5 Å². The maximum atomic E-state index is 14.1. The number of para-hydroxylation sites is 1. The van der Waals surface area contributed by atoms with Gasteiger partial charge in [-0.15, -0.1) is 0 Å². The molecular weight excluding hydrogens is 366 g/mol. The normalized spacial score (nSPS) is 10.4. The number of carbonyl (C=O) groups excluding carboxylic acids is 2. The third-order valence-corrected chi connectivity index (χ3v) is 3.82. The van der Waals surface area contributed by atoms with Crippen molar-refractivity contribution in [2.75, 3.05) is 36.9 Å². The molecule has 2 aromatic carbocycles. The van der Waals surface area contributed by atoms with Gasteiger partial charge in [-0.1, -0.05) is 18.2 Å². The van der Waals surface area contributed by atoms with E-state index in [1.165, 1.54) is 46.2 Å². The van der Waals surface area contributed by atoms with Crippen LogP contribution in [0, 0.1) is 23.0 Å². The average molecular weight is 386 g/mol. The van der Waals surface area contributed by atoms with Crippen LogP contribution in [0.3, 0.4) is 0 Å². The number of nitrogens with zero attached hydrogens (tertiary/aromatic N) is 3. The summed E-state index contributed by atoms with van der Waals surface area (Å²) >= 11 is 0. The lowest BCUT2D eigenvalue weighted by Crippen LogP contribution is -2.42. The SMILES string of the molecule is CN(CC(=O)Nc1cccc(F)c1)CC(=O)N(CCC#N)c1ccccc1F. The molecule has 2 rings (SSSR count). The number of hydrogen-bond donors (Lipinski definition) is 1. The molecule has 146 valence electrons. The minimum atomic E-state index is -0.569. The van der Waals surface area contributed by atoms with E-state index in [1.54, 1.807) is 19.2 Å². The molecule has 0 aliphatic heterocycles. The summed E-state index contributed by atoms with van der Waals surface area (Å²) in [6.07, 6.45) is 0.0455. The topological polar surface area (TPSA) is 76.4 Å². The minimum absolute atomic E-state index is 0.0413. The highest BCUT2D eigenvalue weighted by molar-refractivity contribution is 5.96. The maximum absolute atomic E-state index is 14.1. The molecule has 2 aromatic rings. The molecule has 0 saturated heterocycles. The predicted octanol–water partition coefficient (Wildman–Crippen LogP) is 2.78. The number of nitrogens with one attached hydrogen (secondary N) is 1. The number of nitriles is 1. The summed E-state index contributed by atoms with van der Waals surface area (Å²) in [5.74, 6) is -1.91. The Hall–Kier alpha value is -3.31. The highest BCUT2D eigenvalue weighted by Crippen LogP contribution is 2.19. The van der Waals surface area contributed by atoms with Gasteiger partial charge in [0, 0.05) is 12.2 Å². The Morgan fingerprint density at radius 2 is 1.86 bits per heavy atom. The smallest absolute Gasteiger partial charge is 0.241 e. The maximum Gasteiger partial charge on any atom is 0.241 e. The number of likely N-dealkylation sites (N-methyl/N-ethyl adjacent to an activating group) is 1. The van der Waals surface area contributed by atoms with Crippen LogP contribution in [0.4, 0.5) is 20.2 Å². The highest BCUT2D eigenvalue weighted by atomic mass is 19.1. The number of rotatable bonds is 8. The summed E-state index contributed by atoms with van der Waals surface area (Å²) in [6.45, 7) is -0.235. The van der Waals surface area contributed by atoms with Crippen LogP contribution in [0.25, 0.3) is 0 Å². The van der Waals surface area contributed by atoms with E-state index in [0.717, 1.165) is 0 Å². The molecule has 0 radical (unpaired) electrons. The quantitative estimate of drug-likeness (QED) is 0.757. The van der Waals surface area contributed by atoms with E-state index >= 15 is 0 Å². The van der Waals surface area contributed by atoms with Crippen LogP contribution in [0.2, 0.25) is 0 Å². The zero-order valence-electron chi connectivity index (χ0n) is 15.4. The van der Waals surface area contributed by atoms with E-state index in [9.17, 15) is 18.4 Å². The molecule has 1 N–H and O–H groups in total. The van der Waals surface area contributed by atoms with Crippen LogP contribution in [0.5, 0.6) is 0 Å². The molecule has 0 heterocycles. The lowest BCUT2D eigenvalue weighted by molar-refractivity contribution is -0.121. The molecule has 0 spiro atoms. The van der Waals surface area contributed by atoms with Crippen LogP contribution >= 0.6 is 0 Å². The number of benzene rings is 2. The summed E-state index contributed by atoms with van der Waals surface area (Å²) in [5.41, 5.74) is 0.395. The van der Waals surface area contributed by atoms with Crippen molar-refractivity contribution >= 4 is 23.2 Å². The summed E-state index contributed by atoms with van der Waals surface area (Å²) in [7, 11) is 1.56. The molecule has 0 saturated carbocycles. The first-order chi connectivity index (χ1) is 13.4. The van der Waals surface area contributed by atoms with Crippen LogP contribution in [-0.4, -0.2) is 43.4 Å². The lowest BCUT2D eigenvalue weighted by Gasteiger charge is -2.25. The Labute approximate surface area is 162 Å². The van der Waals surface area contributed by atoms with Gasteiger partial charge >= 0.3 is 0 Å². The van der Waals surface area contributed by atoms with E-state index in [0.29, 0.717) is 5.69 Å². The fourth-order valence-corrected chi connectivity index (χ4v) is 2.60. The Morgan fingerprint density at radius 3 is 2.54 bits per heavy atom. The molecule has 0 atom stereocenters. The van der Waals surface area contributed by atoms with Crippen LogP contribution in [-0.2, 0) is 9.59 Å². The zero-order chi connectivity index (χ0) is 20.5. The van der Waals surface area contributed by atoms with Crippen molar-refractivity contribution in [2.45, 2.75) is 6.42 Å². The van der Waals surface area contributed by atoms with Gasteiger partial charge in [0.1, 0.15) is 11.6 Å². The van der Waals surface area contributed by atoms with Crippen molar-refractivity contribution in [1.82, 2.24) is 4.90 Å². The van der Waals surface area contributed by atoms with E-state index in [1.807, 2.05) is 6.07 Å². The first kappa shape index (κ1) is 21.0. The summed E-state index contributed by atoms with van der Waals surface area (Å²) in [5, 5.41) is 11.3. The molecule has 0 fully saturated rings. The van der Waals surface area contributed by atoms with Crippen molar-refractivity contribution in [1.29, 1.82) is 5.26 Å². The largest absolute Gasteiger partial charge is 0.325 e. The number of hydrogen-bond acceptors (Lipinski definition) is 4. The van der Waals surface area contributed by atoms with Crippen LogP contribution in [0.1, 0.15) is 6.42 Å². The fourth-order valence-electron chi connectivity index (χ4n) is 2.60. The number of halogens is 2. The van der Waals surface area contributed by atoms with Gasteiger partial charge in [-0.05, 0) is 37.4 Å². The Bertz CT molecular complexity index is 883. The summed E-state index contributed by atoms with van der Waals surface area (Å²) < 4.78 is 27.2. The van der Waals surface area contributed by atoms with Gasteiger partial charge in [-0.3, -0.25) is 14.5 Å². The van der Waals surface area contributed by atoms with Crippen molar-refractivity contribution in [3.63, 3.8) is 0 Å².